The van der Waals surface area contributed by atoms with Gasteiger partial charge in [0.05, 0.1) is 32.3 Å². The van der Waals surface area contributed by atoms with Crippen molar-refractivity contribution in [2.24, 2.45) is 5.73 Å². The van der Waals surface area contributed by atoms with Gasteiger partial charge in [-0.25, -0.2) is 4.79 Å². The second kappa shape index (κ2) is 10.1. The maximum Gasteiger partial charge on any atom is 0.343 e. The van der Waals surface area contributed by atoms with Gasteiger partial charge in [-0.1, -0.05) is 24.3 Å². The summed E-state index contributed by atoms with van der Waals surface area (Å²) in [6.07, 6.45) is 0. The van der Waals surface area contributed by atoms with Gasteiger partial charge in [-0.3, -0.25) is 0 Å². The third-order valence-corrected chi connectivity index (χ3v) is 5.53. The molecule has 0 spiro atoms. The fourth-order valence-electron chi connectivity index (χ4n) is 4.00. The van der Waals surface area contributed by atoms with Gasteiger partial charge in [-0.05, 0) is 37.3 Å². The second-order valence-corrected chi connectivity index (χ2v) is 7.56. The van der Waals surface area contributed by atoms with Crippen LogP contribution in [0.5, 0.6) is 28.7 Å². The Morgan fingerprint density at radius 2 is 1.83 bits per heavy atom. The molecular formula is C27H24N2O6. The maximum absolute atomic E-state index is 12.7. The summed E-state index contributed by atoms with van der Waals surface area (Å²) in [6.45, 7) is 2.35. The molecule has 3 aromatic rings. The lowest BCUT2D eigenvalue weighted by molar-refractivity contribution is 0.0734. The molecule has 178 valence electrons. The minimum atomic E-state index is -0.568. The van der Waals surface area contributed by atoms with Crippen molar-refractivity contribution in [1.82, 2.24) is 0 Å². The number of allylic oxidation sites excluding steroid dienone is 1. The Hall–Kier alpha value is -4.64. The number of hydrogen-bond acceptors (Lipinski definition) is 8. The number of nitriles is 1. The molecule has 0 radical (unpaired) electrons. The highest BCUT2D eigenvalue weighted by Gasteiger charge is 2.33. The van der Waals surface area contributed by atoms with Gasteiger partial charge >= 0.3 is 5.97 Å². The van der Waals surface area contributed by atoms with Crippen molar-refractivity contribution in [2.45, 2.75) is 12.8 Å². The van der Waals surface area contributed by atoms with E-state index in [0.717, 1.165) is 0 Å². The summed E-state index contributed by atoms with van der Waals surface area (Å²) in [5, 5.41) is 9.85. The lowest BCUT2D eigenvalue weighted by Gasteiger charge is -2.28. The van der Waals surface area contributed by atoms with E-state index in [-0.39, 0.29) is 17.2 Å². The molecule has 0 aromatic heterocycles. The summed E-state index contributed by atoms with van der Waals surface area (Å²) in [7, 11) is 3.07. The molecule has 1 aliphatic rings. The molecule has 0 amide bonds. The zero-order valence-electron chi connectivity index (χ0n) is 19.5. The number of esters is 1. The van der Waals surface area contributed by atoms with Gasteiger partial charge in [0.15, 0.2) is 11.5 Å². The quantitative estimate of drug-likeness (QED) is 0.394. The van der Waals surface area contributed by atoms with E-state index in [1.165, 1.54) is 7.11 Å². The van der Waals surface area contributed by atoms with E-state index in [4.69, 9.17) is 29.4 Å². The molecule has 8 nitrogen and oxygen atoms in total. The van der Waals surface area contributed by atoms with Crippen molar-refractivity contribution in [1.29, 1.82) is 5.26 Å². The van der Waals surface area contributed by atoms with Gasteiger partial charge in [0, 0.05) is 17.2 Å². The molecule has 0 aliphatic carbocycles. The van der Waals surface area contributed by atoms with Crippen molar-refractivity contribution in [2.75, 3.05) is 20.8 Å². The lowest BCUT2D eigenvalue weighted by Crippen LogP contribution is -2.21. The van der Waals surface area contributed by atoms with Crippen LogP contribution in [0.25, 0.3) is 0 Å². The van der Waals surface area contributed by atoms with E-state index in [9.17, 15) is 10.1 Å². The molecule has 3 aromatic carbocycles. The monoisotopic (exact) mass is 472 g/mol. The number of carbonyl (C=O) groups is 1. The van der Waals surface area contributed by atoms with Crippen molar-refractivity contribution in [3.8, 4) is 34.8 Å². The number of methoxy groups -OCH3 is 2. The molecule has 0 bridgehead atoms. The standard InChI is InChI=1S/C27H24N2O6/c1-4-33-17-8-5-7-16(13-17)27(30)34-18-11-12-19-23(14-18)35-26(29)21(15-28)24(19)20-9-6-10-22(31-2)25(20)32-3/h5-14,24H,4,29H2,1-3H3. The molecule has 0 saturated heterocycles. The van der Waals surface area contributed by atoms with Crippen LogP contribution >= 0.6 is 0 Å². The van der Waals surface area contributed by atoms with Crippen molar-refractivity contribution in [3.63, 3.8) is 0 Å². The summed E-state index contributed by atoms with van der Waals surface area (Å²) in [6, 6.07) is 19.3. The smallest absolute Gasteiger partial charge is 0.343 e. The van der Waals surface area contributed by atoms with Crippen LogP contribution in [0.4, 0.5) is 0 Å². The van der Waals surface area contributed by atoms with E-state index < -0.39 is 11.9 Å². The van der Waals surface area contributed by atoms with Gasteiger partial charge in [0.1, 0.15) is 28.9 Å². The number of benzene rings is 3. The Labute approximate surface area is 203 Å². The number of ether oxygens (including phenoxy) is 5. The molecule has 1 unspecified atom stereocenters. The Morgan fingerprint density at radius 1 is 1.03 bits per heavy atom. The van der Waals surface area contributed by atoms with E-state index in [1.807, 2.05) is 19.1 Å². The highest BCUT2D eigenvalue weighted by Crippen LogP contribution is 2.47. The molecular weight excluding hydrogens is 448 g/mol. The zero-order valence-corrected chi connectivity index (χ0v) is 19.5. The molecule has 0 saturated carbocycles. The number of carbonyl (C=O) groups excluding carboxylic acids is 1. The first-order valence-corrected chi connectivity index (χ1v) is 10.9. The van der Waals surface area contributed by atoms with Gasteiger partial charge in [-0.15, -0.1) is 0 Å². The average molecular weight is 472 g/mol. The van der Waals surface area contributed by atoms with Crippen molar-refractivity contribution >= 4 is 5.97 Å². The number of nitrogens with zero attached hydrogens (tertiary/aromatic N) is 1. The van der Waals surface area contributed by atoms with Crippen LogP contribution in [-0.2, 0) is 0 Å². The summed E-state index contributed by atoms with van der Waals surface area (Å²) < 4.78 is 27.8. The van der Waals surface area contributed by atoms with E-state index in [1.54, 1.807) is 55.6 Å². The zero-order chi connectivity index (χ0) is 24.9. The normalized spacial score (nSPS) is 14.3. The first-order chi connectivity index (χ1) is 17.0. The SMILES string of the molecule is CCOc1cccc(C(=O)Oc2ccc3c(c2)OC(N)=C(C#N)C3c2cccc(OC)c2OC)c1. The van der Waals surface area contributed by atoms with E-state index in [2.05, 4.69) is 6.07 Å². The predicted molar refractivity (Wildman–Crippen MR) is 128 cm³/mol. The number of para-hydroxylation sites is 1. The van der Waals surface area contributed by atoms with Gasteiger partial charge < -0.3 is 29.4 Å². The Bertz CT molecular complexity index is 1340. The van der Waals surface area contributed by atoms with Crippen LogP contribution in [0, 0.1) is 11.3 Å². The third kappa shape index (κ3) is 4.57. The minimum Gasteiger partial charge on any atom is -0.494 e. The van der Waals surface area contributed by atoms with Gasteiger partial charge in [0.25, 0.3) is 0 Å². The van der Waals surface area contributed by atoms with E-state index >= 15 is 0 Å². The van der Waals surface area contributed by atoms with Crippen molar-refractivity contribution in [3.05, 3.63) is 88.8 Å². The largest absolute Gasteiger partial charge is 0.494 e. The first kappa shape index (κ1) is 23.5. The maximum atomic E-state index is 12.7. The lowest BCUT2D eigenvalue weighted by atomic mass is 9.83. The number of fused-ring (bicyclic) bond motifs is 1. The van der Waals surface area contributed by atoms with Crippen LogP contribution in [-0.4, -0.2) is 26.8 Å². The van der Waals surface area contributed by atoms with Crippen LogP contribution in [0.1, 0.15) is 34.3 Å². The predicted octanol–water partition coefficient (Wildman–Crippen LogP) is 4.54. The highest BCUT2D eigenvalue weighted by atomic mass is 16.5. The molecule has 1 atom stereocenters. The van der Waals surface area contributed by atoms with Crippen molar-refractivity contribution < 1.29 is 28.5 Å². The Morgan fingerprint density at radius 3 is 2.54 bits per heavy atom. The molecule has 8 heteroatoms. The van der Waals surface area contributed by atoms with Crippen LogP contribution in [0.3, 0.4) is 0 Å². The first-order valence-electron chi connectivity index (χ1n) is 10.9. The molecule has 1 aliphatic heterocycles. The topological polar surface area (TPSA) is 113 Å². The highest BCUT2D eigenvalue weighted by molar-refractivity contribution is 5.91. The summed E-state index contributed by atoms with van der Waals surface area (Å²) in [5.74, 6) is 1.06. The number of nitrogens with two attached hydrogens (primary N) is 1. The fraction of sp³-hybridized carbons (Fsp3) is 0.185. The minimum absolute atomic E-state index is 0.0391. The Kier molecular flexibility index (Phi) is 6.78. The molecule has 4 rings (SSSR count). The van der Waals surface area contributed by atoms with Crippen LogP contribution < -0.4 is 29.4 Å². The number of hydrogen-bond donors (Lipinski definition) is 1. The summed E-state index contributed by atoms with van der Waals surface area (Å²) >= 11 is 0. The van der Waals surface area contributed by atoms with Crippen LogP contribution in [0.15, 0.2) is 72.1 Å². The summed E-state index contributed by atoms with van der Waals surface area (Å²) in [5.41, 5.74) is 8.06. The van der Waals surface area contributed by atoms with Crippen LogP contribution in [0.2, 0.25) is 0 Å². The Balaban J connectivity index is 1.71. The van der Waals surface area contributed by atoms with Gasteiger partial charge in [0.2, 0.25) is 5.88 Å². The van der Waals surface area contributed by atoms with Gasteiger partial charge in [-0.2, -0.15) is 5.26 Å². The summed E-state index contributed by atoms with van der Waals surface area (Å²) in [4.78, 5) is 12.7. The molecule has 35 heavy (non-hydrogen) atoms. The second-order valence-electron chi connectivity index (χ2n) is 7.56. The fourth-order valence-corrected chi connectivity index (χ4v) is 4.00. The molecule has 0 fully saturated rings. The number of rotatable bonds is 7. The molecule has 1 heterocycles. The molecule has 2 N–H and O–H groups in total. The third-order valence-electron chi connectivity index (χ3n) is 5.53. The average Bonchev–Trinajstić information content (AvgIpc) is 2.87. The van der Waals surface area contributed by atoms with E-state index in [0.29, 0.717) is 46.3 Å².